The molecule has 2 aromatic carbocycles. The van der Waals surface area contributed by atoms with Gasteiger partial charge in [0.2, 0.25) is 11.8 Å². The second-order valence-corrected chi connectivity index (χ2v) is 7.96. The number of hydrogen-bond donors (Lipinski definition) is 2. The van der Waals surface area contributed by atoms with Crippen LogP contribution in [0.1, 0.15) is 28.8 Å². The van der Waals surface area contributed by atoms with Crippen LogP contribution >= 0.6 is 0 Å². The number of nitrogen functional groups attached to an aromatic ring is 1. The molecule has 0 bridgehead atoms. The number of amides is 3. The number of imidazole rings is 1. The highest BCUT2D eigenvalue weighted by Crippen LogP contribution is 2.32. The summed E-state index contributed by atoms with van der Waals surface area (Å²) >= 11 is 0. The van der Waals surface area contributed by atoms with Gasteiger partial charge in [0.25, 0.3) is 5.91 Å². The fraction of sp³-hybridized carbons (Fsp3) is 0.217. The number of anilines is 1. The highest BCUT2D eigenvalue weighted by atomic mass is 16.2. The highest BCUT2D eigenvalue weighted by Gasteiger charge is 2.39. The molecule has 31 heavy (non-hydrogen) atoms. The van der Waals surface area contributed by atoms with Gasteiger partial charge >= 0.3 is 0 Å². The first-order chi connectivity index (χ1) is 14.9. The molecular formula is C23H21N5O3. The number of nitrogens with one attached hydrogen (secondary N) is 1. The number of benzene rings is 2. The highest BCUT2D eigenvalue weighted by molar-refractivity contribution is 6.05. The molecule has 5 rings (SSSR count). The van der Waals surface area contributed by atoms with Crippen molar-refractivity contribution in [3.63, 3.8) is 0 Å². The fourth-order valence-corrected chi connectivity index (χ4v) is 4.29. The summed E-state index contributed by atoms with van der Waals surface area (Å²) in [5.74, 6) is -0.0884. The number of rotatable bonds is 3. The zero-order valence-electron chi connectivity index (χ0n) is 17.0. The molecule has 3 aromatic rings. The SMILES string of the molecule is Cn1cc(-c2ccc3c(c2)CN(C2CCC(=O)NC2=O)C3=O)nc1-c1cccc(N)c1. The summed E-state index contributed by atoms with van der Waals surface area (Å²) in [6, 6.07) is 12.6. The summed E-state index contributed by atoms with van der Waals surface area (Å²) in [6.07, 6.45) is 2.53. The summed E-state index contributed by atoms with van der Waals surface area (Å²) < 4.78 is 1.94. The molecule has 2 aliphatic heterocycles. The van der Waals surface area contributed by atoms with E-state index < -0.39 is 11.9 Å². The van der Waals surface area contributed by atoms with Crippen molar-refractivity contribution in [3.05, 3.63) is 59.8 Å². The number of nitrogens with two attached hydrogens (primary N) is 1. The molecule has 0 saturated carbocycles. The van der Waals surface area contributed by atoms with Gasteiger partial charge in [0.1, 0.15) is 11.9 Å². The molecule has 2 aliphatic rings. The quantitative estimate of drug-likeness (QED) is 0.503. The lowest BCUT2D eigenvalue weighted by molar-refractivity contribution is -0.136. The largest absolute Gasteiger partial charge is 0.399 e. The van der Waals surface area contributed by atoms with E-state index in [1.807, 2.05) is 54.2 Å². The van der Waals surface area contributed by atoms with E-state index in [1.54, 1.807) is 11.0 Å². The van der Waals surface area contributed by atoms with Crippen molar-refractivity contribution in [1.82, 2.24) is 19.8 Å². The number of piperidine rings is 1. The summed E-state index contributed by atoms with van der Waals surface area (Å²) in [5, 5.41) is 2.33. The van der Waals surface area contributed by atoms with Crippen molar-refractivity contribution in [1.29, 1.82) is 0 Å². The lowest BCUT2D eigenvalue weighted by Gasteiger charge is -2.29. The molecule has 3 heterocycles. The first-order valence-electron chi connectivity index (χ1n) is 10.1. The van der Waals surface area contributed by atoms with Gasteiger partial charge in [-0.15, -0.1) is 0 Å². The molecule has 1 saturated heterocycles. The van der Waals surface area contributed by atoms with Gasteiger partial charge in [-0.25, -0.2) is 4.98 Å². The standard InChI is InChI=1S/C23H21N5O3/c1-27-12-18(25-21(27)14-3-2-4-16(24)10-14)13-5-6-17-15(9-13)11-28(23(17)31)19-7-8-20(29)26-22(19)30/h2-6,9-10,12,19H,7-8,11,24H2,1H3,(H,26,29,30). The summed E-state index contributed by atoms with van der Waals surface area (Å²) in [4.78, 5) is 42.9. The molecule has 1 atom stereocenters. The van der Waals surface area contributed by atoms with Gasteiger partial charge in [0.15, 0.2) is 0 Å². The van der Waals surface area contributed by atoms with E-state index in [0.29, 0.717) is 24.2 Å². The number of aromatic nitrogens is 2. The average molecular weight is 415 g/mol. The minimum absolute atomic E-state index is 0.183. The number of carbonyl (C=O) groups excluding carboxylic acids is 3. The zero-order chi connectivity index (χ0) is 21.7. The van der Waals surface area contributed by atoms with Gasteiger partial charge in [0, 0.05) is 48.6 Å². The average Bonchev–Trinajstić information content (AvgIpc) is 3.28. The fourth-order valence-electron chi connectivity index (χ4n) is 4.29. The van der Waals surface area contributed by atoms with Crippen LogP contribution in [0.5, 0.6) is 0 Å². The second-order valence-electron chi connectivity index (χ2n) is 7.96. The van der Waals surface area contributed by atoms with Crippen molar-refractivity contribution in [3.8, 4) is 22.6 Å². The maximum absolute atomic E-state index is 12.9. The molecule has 0 radical (unpaired) electrons. The van der Waals surface area contributed by atoms with Crippen LogP contribution in [0.2, 0.25) is 0 Å². The topological polar surface area (TPSA) is 110 Å². The lowest BCUT2D eigenvalue weighted by atomic mass is 10.0. The Balaban J connectivity index is 1.44. The summed E-state index contributed by atoms with van der Waals surface area (Å²) in [5.41, 5.74) is 10.6. The number of imide groups is 1. The summed E-state index contributed by atoms with van der Waals surface area (Å²) in [7, 11) is 1.93. The molecule has 8 nitrogen and oxygen atoms in total. The molecule has 1 unspecified atom stereocenters. The molecule has 0 spiro atoms. The second kappa shape index (κ2) is 7.09. The van der Waals surface area contributed by atoms with Gasteiger partial charge in [0.05, 0.1) is 5.69 Å². The number of hydrogen-bond acceptors (Lipinski definition) is 5. The molecule has 156 valence electrons. The molecule has 1 aromatic heterocycles. The molecule has 0 aliphatic carbocycles. The zero-order valence-corrected chi connectivity index (χ0v) is 17.0. The van der Waals surface area contributed by atoms with E-state index in [9.17, 15) is 14.4 Å². The van der Waals surface area contributed by atoms with Crippen LogP contribution in [0.4, 0.5) is 5.69 Å². The van der Waals surface area contributed by atoms with Crippen molar-refractivity contribution < 1.29 is 14.4 Å². The Bertz CT molecular complexity index is 1250. The minimum atomic E-state index is -0.619. The molecule has 1 fully saturated rings. The van der Waals surface area contributed by atoms with Gasteiger partial charge in [-0.3, -0.25) is 19.7 Å². The van der Waals surface area contributed by atoms with E-state index in [-0.39, 0.29) is 18.2 Å². The number of fused-ring (bicyclic) bond motifs is 1. The van der Waals surface area contributed by atoms with Crippen LogP contribution in [-0.4, -0.2) is 38.2 Å². The van der Waals surface area contributed by atoms with Crippen LogP contribution in [0.3, 0.4) is 0 Å². The Morgan fingerprint density at radius 3 is 2.71 bits per heavy atom. The number of carbonyl (C=O) groups is 3. The van der Waals surface area contributed by atoms with Gasteiger partial charge in [-0.1, -0.05) is 18.2 Å². The van der Waals surface area contributed by atoms with Crippen LogP contribution < -0.4 is 11.1 Å². The Kier molecular flexibility index (Phi) is 4.35. The van der Waals surface area contributed by atoms with E-state index in [4.69, 9.17) is 10.7 Å². The molecule has 3 N–H and O–H groups in total. The Labute approximate surface area is 178 Å². The van der Waals surface area contributed by atoms with Crippen LogP contribution in [0.15, 0.2) is 48.7 Å². The minimum Gasteiger partial charge on any atom is -0.399 e. The Hall–Kier alpha value is -3.94. The monoisotopic (exact) mass is 415 g/mol. The van der Waals surface area contributed by atoms with E-state index in [0.717, 1.165) is 28.2 Å². The predicted molar refractivity (Wildman–Crippen MR) is 115 cm³/mol. The first kappa shape index (κ1) is 19.0. The van der Waals surface area contributed by atoms with Crippen molar-refractivity contribution in [2.75, 3.05) is 5.73 Å². The first-order valence-corrected chi connectivity index (χ1v) is 10.1. The normalized spacial score (nSPS) is 18.3. The predicted octanol–water partition coefficient (Wildman–Crippen LogP) is 2.10. The summed E-state index contributed by atoms with van der Waals surface area (Å²) in [6.45, 7) is 0.337. The maximum Gasteiger partial charge on any atom is 0.255 e. The molecule has 8 heteroatoms. The Morgan fingerprint density at radius 2 is 1.94 bits per heavy atom. The van der Waals surface area contributed by atoms with Crippen LogP contribution in [0, 0.1) is 0 Å². The third kappa shape index (κ3) is 3.26. The third-order valence-corrected chi connectivity index (χ3v) is 5.84. The van der Waals surface area contributed by atoms with Gasteiger partial charge in [-0.2, -0.15) is 0 Å². The van der Waals surface area contributed by atoms with Gasteiger partial charge < -0.3 is 15.2 Å². The maximum atomic E-state index is 12.9. The van der Waals surface area contributed by atoms with Crippen molar-refractivity contribution in [2.24, 2.45) is 7.05 Å². The molecule has 3 amide bonds. The van der Waals surface area contributed by atoms with Crippen LogP contribution in [0.25, 0.3) is 22.6 Å². The molecular weight excluding hydrogens is 394 g/mol. The lowest BCUT2D eigenvalue weighted by Crippen LogP contribution is -2.52. The van der Waals surface area contributed by atoms with E-state index in [1.165, 1.54) is 0 Å². The van der Waals surface area contributed by atoms with E-state index in [2.05, 4.69) is 5.32 Å². The van der Waals surface area contributed by atoms with Crippen LogP contribution in [-0.2, 0) is 23.2 Å². The number of nitrogens with zero attached hydrogens (tertiary/aromatic N) is 3. The smallest absolute Gasteiger partial charge is 0.255 e. The van der Waals surface area contributed by atoms with E-state index >= 15 is 0 Å². The number of aryl methyl sites for hydroxylation is 1. The third-order valence-electron chi connectivity index (χ3n) is 5.84. The van der Waals surface area contributed by atoms with Gasteiger partial charge in [-0.05, 0) is 36.2 Å². The van der Waals surface area contributed by atoms with Crippen molar-refractivity contribution >= 4 is 23.4 Å². The van der Waals surface area contributed by atoms with Crippen molar-refractivity contribution in [2.45, 2.75) is 25.4 Å². The Morgan fingerprint density at radius 1 is 1.10 bits per heavy atom.